The summed E-state index contributed by atoms with van der Waals surface area (Å²) >= 11 is 0. The Hall–Kier alpha value is -6.92. The van der Waals surface area contributed by atoms with Gasteiger partial charge >= 0.3 is 12.4 Å². The van der Waals surface area contributed by atoms with Crippen LogP contribution in [0, 0.1) is 0 Å². The highest BCUT2D eigenvalue weighted by Crippen LogP contribution is 2.33. The largest absolute Gasteiger partial charge is 0.419 e. The third kappa shape index (κ3) is 16.6. The summed E-state index contributed by atoms with van der Waals surface area (Å²) in [6, 6.07) is 30.3. The Labute approximate surface area is 424 Å². The number of halogens is 6. The molecule has 18 heteroatoms. The topological polar surface area (TPSA) is 159 Å². The summed E-state index contributed by atoms with van der Waals surface area (Å²) in [7, 11) is 2.11. The van der Waals surface area contributed by atoms with E-state index in [9.17, 15) is 35.9 Å². The molecule has 390 valence electrons. The van der Waals surface area contributed by atoms with Crippen molar-refractivity contribution in [3.05, 3.63) is 177 Å². The Balaban J connectivity index is 0.000000264. The van der Waals surface area contributed by atoms with Crippen molar-refractivity contribution in [2.24, 2.45) is 11.5 Å². The van der Waals surface area contributed by atoms with Gasteiger partial charge in [0, 0.05) is 89.0 Å². The van der Waals surface area contributed by atoms with E-state index >= 15 is 0 Å². The smallest absolute Gasteiger partial charge is 0.369 e. The fourth-order valence-electron chi connectivity index (χ4n) is 8.77. The first kappa shape index (κ1) is 57.0. The van der Waals surface area contributed by atoms with E-state index in [0.29, 0.717) is 48.5 Å². The molecule has 0 bridgehead atoms. The lowest BCUT2D eigenvalue weighted by Crippen LogP contribution is -2.44. The number of rotatable bonds is 16. The Kier molecular flexibility index (Phi) is 20.4. The fraction of sp³-hybridized carbons (Fsp3) is 0.382. The van der Waals surface area contributed by atoms with Crippen molar-refractivity contribution in [1.82, 2.24) is 30.2 Å². The lowest BCUT2D eigenvalue weighted by atomic mass is 9.98. The lowest BCUT2D eigenvalue weighted by molar-refractivity contribution is -0.139. The molecule has 2 aliphatic heterocycles. The zero-order valence-corrected chi connectivity index (χ0v) is 39.6. The van der Waals surface area contributed by atoms with Crippen LogP contribution >= 0.6 is 0 Å². The minimum atomic E-state index is -4.55. The molecule has 2 fully saturated rings. The van der Waals surface area contributed by atoms with Crippen molar-refractivity contribution in [2.45, 2.75) is 78.6 Å². The third-order valence-electron chi connectivity index (χ3n) is 12.6. The summed E-state index contributed by atoms with van der Waals surface area (Å²) in [5.74, 6) is -0.286. The van der Waals surface area contributed by atoms with Crippen LogP contribution in [0.4, 0.5) is 37.7 Å². The molecular weight excluding hydrogens is 947 g/mol. The van der Waals surface area contributed by atoms with Gasteiger partial charge in [-0.25, -0.2) is 19.9 Å². The van der Waals surface area contributed by atoms with E-state index in [1.165, 1.54) is 0 Å². The number of hydrogen-bond acceptors (Lipinski definition) is 10. The van der Waals surface area contributed by atoms with E-state index in [1.54, 1.807) is 48.5 Å². The van der Waals surface area contributed by atoms with Crippen LogP contribution in [0.3, 0.4) is 0 Å². The summed E-state index contributed by atoms with van der Waals surface area (Å²) in [4.78, 5) is 46.3. The van der Waals surface area contributed by atoms with Crippen LogP contribution in [0.1, 0.15) is 82.4 Å². The van der Waals surface area contributed by atoms with Crippen molar-refractivity contribution < 1.29 is 35.9 Å². The molecule has 5 N–H and O–H groups in total. The van der Waals surface area contributed by atoms with Gasteiger partial charge in [-0.1, -0.05) is 87.6 Å². The number of amides is 2. The Morgan fingerprint density at radius 1 is 0.534 bits per heavy atom. The number of carbonyl (C=O) groups excluding carboxylic acids is 2. The summed E-state index contributed by atoms with van der Waals surface area (Å²) in [5, 5.41) is 3.32. The maximum Gasteiger partial charge on any atom is 0.419 e. The second-order valence-corrected chi connectivity index (χ2v) is 17.8. The molecule has 2 saturated heterocycles. The normalized spacial score (nSPS) is 14.1. The zero-order valence-electron chi connectivity index (χ0n) is 39.6. The van der Waals surface area contributed by atoms with E-state index in [2.05, 4.69) is 47.0 Å². The number of carbonyl (C=O) groups is 2. The molecule has 12 nitrogen and oxygen atoms in total. The molecule has 2 aliphatic rings. The van der Waals surface area contributed by atoms with Gasteiger partial charge in [-0.3, -0.25) is 9.59 Å². The molecule has 0 saturated carbocycles. The summed E-state index contributed by atoms with van der Waals surface area (Å²) in [6.45, 7) is 7.70. The van der Waals surface area contributed by atoms with Crippen LogP contribution in [-0.4, -0.2) is 96.1 Å². The number of hydrogen-bond donors (Lipinski definition) is 3. The second kappa shape index (κ2) is 26.2. The number of alkyl halides is 6. The number of nitrogens with zero attached hydrogens (tertiary/aromatic N) is 7. The molecule has 73 heavy (non-hydrogen) atoms. The monoisotopic (exact) mass is 1010 g/mol. The van der Waals surface area contributed by atoms with Gasteiger partial charge in [0.15, 0.2) is 0 Å². The van der Waals surface area contributed by atoms with Crippen LogP contribution in [0.25, 0.3) is 0 Å². The number of aromatic nitrogens is 4. The predicted molar refractivity (Wildman–Crippen MR) is 274 cm³/mol. The predicted octanol–water partition coefficient (Wildman–Crippen LogP) is 8.23. The van der Waals surface area contributed by atoms with Crippen LogP contribution in [-0.2, 0) is 73.3 Å². The minimum Gasteiger partial charge on any atom is -0.369 e. The Bertz CT molecular complexity index is 2720. The van der Waals surface area contributed by atoms with Crippen molar-refractivity contribution in [2.75, 3.05) is 69.2 Å². The summed E-state index contributed by atoms with van der Waals surface area (Å²) in [6.07, 6.45) is -5.82. The highest BCUT2D eigenvalue weighted by atomic mass is 19.4. The third-order valence-corrected chi connectivity index (χ3v) is 12.6. The highest BCUT2D eigenvalue weighted by molar-refractivity contribution is 5.77. The van der Waals surface area contributed by atoms with Crippen molar-refractivity contribution >= 4 is 23.2 Å². The van der Waals surface area contributed by atoms with Crippen LogP contribution in [0.15, 0.2) is 109 Å². The molecule has 6 aromatic rings. The molecule has 0 atom stereocenters. The van der Waals surface area contributed by atoms with Crippen molar-refractivity contribution in [3.63, 3.8) is 0 Å². The molecule has 4 heterocycles. The number of benzene rings is 4. The number of nitrogens with two attached hydrogens (primary N) is 2. The van der Waals surface area contributed by atoms with Gasteiger partial charge < -0.3 is 31.5 Å². The number of nitrogens with one attached hydrogen (secondary N) is 1. The lowest BCUT2D eigenvalue weighted by Gasteiger charge is -2.34. The van der Waals surface area contributed by atoms with E-state index in [-0.39, 0.29) is 51.9 Å². The highest BCUT2D eigenvalue weighted by Gasteiger charge is 2.36. The maximum absolute atomic E-state index is 13.7. The van der Waals surface area contributed by atoms with E-state index < -0.39 is 35.3 Å². The van der Waals surface area contributed by atoms with Crippen LogP contribution in [0.2, 0.25) is 0 Å². The first-order valence-corrected chi connectivity index (χ1v) is 23.6. The average Bonchev–Trinajstić information content (AvgIpc) is 3.34. The van der Waals surface area contributed by atoms with Gasteiger partial charge in [-0.15, -0.1) is 0 Å². The van der Waals surface area contributed by atoms with E-state index in [0.717, 1.165) is 98.4 Å². The van der Waals surface area contributed by atoms with Gasteiger partial charge in [0.1, 0.15) is 11.6 Å². The first-order chi connectivity index (χ1) is 34.0. The quantitative estimate of drug-likeness (QED) is 0.0807. The van der Waals surface area contributed by atoms with Gasteiger partial charge in [0.05, 0.1) is 35.4 Å². The number of primary amides is 2. The van der Waals surface area contributed by atoms with Crippen LogP contribution < -0.4 is 26.6 Å². The molecular formula is C55H66F6N10O2. The molecule has 0 spiro atoms. The number of piperazine rings is 2. The van der Waals surface area contributed by atoms with Crippen LogP contribution in [0.5, 0.6) is 0 Å². The van der Waals surface area contributed by atoms with Gasteiger partial charge in [-0.05, 0) is 90.4 Å². The van der Waals surface area contributed by atoms with E-state index in [4.69, 9.17) is 11.5 Å². The number of anilines is 2. The molecule has 8 rings (SSSR count). The number of aryl methyl sites for hydroxylation is 4. The SMILES string of the molecule is C.C.CN1CCN(c2ccc(Cc3ncc(C(F)(F)F)c(CCc4ccccc4CC(N)=O)n3)cc2)CC1.NC(=O)Cc1ccccc1CCc1nc(Cc2ccc(N3CCNCC3)cc2)ncc1C(F)(F)F. The zero-order chi connectivity index (χ0) is 50.5. The van der Waals surface area contributed by atoms with E-state index in [1.807, 2.05) is 48.5 Å². The second-order valence-electron chi connectivity index (χ2n) is 17.8. The first-order valence-electron chi connectivity index (χ1n) is 23.6. The minimum absolute atomic E-state index is 0. The van der Waals surface area contributed by atoms with Gasteiger partial charge in [0.25, 0.3) is 0 Å². The van der Waals surface area contributed by atoms with Gasteiger partial charge in [-0.2, -0.15) is 26.3 Å². The standard InChI is InChI=1S/C27H30F3N5O.C26H28F3N5O.2CH4/c1-34-12-14-35(15-13-34)22-9-6-19(7-10-22)16-26-32-18-23(27(28,29)30)24(33-26)11-8-20-4-2-3-5-21(20)17-25(31)36;27-26(28,29)22-17-32-25(15-18-5-8-21(9-6-18)34-13-11-31-12-14-34)33-23(22)10-7-19-3-1-2-4-20(19)16-24(30)35;;/h2-7,9-10,18H,8,11-17H2,1H3,(H2,31,36);1-6,8-9,17,31H,7,10-16H2,(H2,30,35);2*1H4. The summed E-state index contributed by atoms with van der Waals surface area (Å²) in [5.41, 5.74) is 16.0. The average molecular weight is 1010 g/mol. The molecule has 0 unspecified atom stereocenters. The molecule has 4 aromatic carbocycles. The molecule has 2 amide bonds. The Morgan fingerprint density at radius 3 is 1.27 bits per heavy atom. The molecule has 2 aromatic heterocycles. The Morgan fingerprint density at radius 2 is 0.904 bits per heavy atom. The van der Waals surface area contributed by atoms with Crippen molar-refractivity contribution in [3.8, 4) is 0 Å². The fourth-order valence-corrected chi connectivity index (χ4v) is 8.77. The number of likely N-dealkylation sites (N-methyl/N-ethyl adjacent to an activating group) is 1. The maximum atomic E-state index is 13.7. The van der Waals surface area contributed by atoms with Gasteiger partial charge in [0.2, 0.25) is 11.8 Å². The summed E-state index contributed by atoms with van der Waals surface area (Å²) < 4.78 is 82.0. The molecule has 0 aliphatic carbocycles. The molecule has 0 radical (unpaired) electrons. The van der Waals surface area contributed by atoms with Crippen molar-refractivity contribution in [1.29, 1.82) is 0 Å².